The zero-order valence-electron chi connectivity index (χ0n) is 10.8. The number of aryl methyl sites for hydroxylation is 1. The Balaban J connectivity index is 2.41. The van der Waals surface area contributed by atoms with Crippen molar-refractivity contribution in [3.63, 3.8) is 0 Å². The second kappa shape index (κ2) is 5.89. The molecule has 0 bridgehead atoms. The van der Waals surface area contributed by atoms with Crippen LogP contribution < -0.4 is 10.1 Å². The molecular weight excluding hydrogens is 202 g/mol. The molecular formula is C12H23N3O. The van der Waals surface area contributed by atoms with E-state index in [0.717, 1.165) is 25.3 Å². The molecule has 0 radical (unpaired) electrons. The van der Waals surface area contributed by atoms with Gasteiger partial charge in [-0.25, -0.2) is 0 Å². The maximum atomic E-state index is 5.73. The van der Waals surface area contributed by atoms with Crippen molar-refractivity contribution in [3.05, 3.63) is 12.4 Å². The van der Waals surface area contributed by atoms with Gasteiger partial charge in [0.1, 0.15) is 0 Å². The van der Waals surface area contributed by atoms with Crippen molar-refractivity contribution in [2.45, 2.75) is 33.7 Å². The Bertz CT molecular complexity index is 307. The van der Waals surface area contributed by atoms with Crippen molar-refractivity contribution in [1.82, 2.24) is 15.1 Å². The summed E-state index contributed by atoms with van der Waals surface area (Å²) in [7, 11) is 1.96. The van der Waals surface area contributed by atoms with E-state index >= 15 is 0 Å². The van der Waals surface area contributed by atoms with Gasteiger partial charge in [-0.1, -0.05) is 20.8 Å². The lowest BCUT2D eigenvalue weighted by Crippen LogP contribution is -2.32. The van der Waals surface area contributed by atoms with Crippen LogP contribution in [0.4, 0.5) is 0 Å². The largest absolute Gasteiger partial charge is 0.490 e. The highest BCUT2D eigenvalue weighted by atomic mass is 16.5. The number of hydrogen-bond donors (Lipinski definition) is 1. The van der Waals surface area contributed by atoms with Gasteiger partial charge in [-0.15, -0.1) is 0 Å². The van der Waals surface area contributed by atoms with Crippen LogP contribution in [-0.2, 0) is 6.54 Å². The maximum Gasteiger partial charge on any atom is 0.157 e. The van der Waals surface area contributed by atoms with Crippen LogP contribution in [0.2, 0.25) is 0 Å². The summed E-state index contributed by atoms with van der Waals surface area (Å²) in [5, 5.41) is 7.40. The van der Waals surface area contributed by atoms with E-state index in [9.17, 15) is 0 Å². The average Bonchev–Trinajstić information content (AvgIpc) is 2.64. The van der Waals surface area contributed by atoms with E-state index in [1.807, 2.05) is 17.9 Å². The predicted molar refractivity (Wildman–Crippen MR) is 65.7 cm³/mol. The fourth-order valence-electron chi connectivity index (χ4n) is 1.58. The lowest BCUT2D eigenvalue weighted by molar-refractivity contribution is 0.179. The highest BCUT2D eigenvalue weighted by molar-refractivity contribution is 5.11. The second-order valence-corrected chi connectivity index (χ2v) is 4.92. The first-order valence-corrected chi connectivity index (χ1v) is 5.87. The molecule has 0 aliphatic rings. The molecule has 0 saturated carbocycles. The standard InChI is InChI=1S/C12H23N3O/c1-5-6-15-8-11(7-14-15)16-10-12(2,3)9-13-4/h7-8,13H,5-6,9-10H2,1-4H3. The van der Waals surface area contributed by atoms with Crippen LogP contribution in [0.15, 0.2) is 12.4 Å². The van der Waals surface area contributed by atoms with Crippen molar-refractivity contribution in [1.29, 1.82) is 0 Å². The number of hydrogen-bond acceptors (Lipinski definition) is 3. The molecule has 4 heteroatoms. The maximum absolute atomic E-state index is 5.73. The second-order valence-electron chi connectivity index (χ2n) is 4.92. The number of rotatable bonds is 7. The smallest absolute Gasteiger partial charge is 0.157 e. The minimum atomic E-state index is 0.140. The van der Waals surface area contributed by atoms with Crippen LogP contribution in [0.1, 0.15) is 27.2 Å². The minimum absolute atomic E-state index is 0.140. The van der Waals surface area contributed by atoms with Gasteiger partial charge in [0, 0.05) is 18.5 Å². The summed E-state index contributed by atoms with van der Waals surface area (Å²) in [4.78, 5) is 0. The Morgan fingerprint density at radius 1 is 1.50 bits per heavy atom. The topological polar surface area (TPSA) is 39.1 Å². The summed E-state index contributed by atoms with van der Waals surface area (Å²) in [6.07, 6.45) is 4.83. The quantitative estimate of drug-likeness (QED) is 0.770. The van der Waals surface area contributed by atoms with E-state index in [2.05, 4.69) is 31.2 Å². The van der Waals surface area contributed by atoms with E-state index in [-0.39, 0.29) is 5.41 Å². The van der Waals surface area contributed by atoms with E-state index in [1.54, 1.807) is 6.20 Å². The zero-order valence-corrected chi connectivity index (χ0v) is 10.8. The van der Waals surface area contributed by atoms with Crippen LogP contribution in [0, 0.1) is 5.41 Å². The first-order chi connectivity index (χ1) is 7.57. The van der Waals surface area contributed by atoms with Gasteiger partial charge in [-0.05, 0) is 13.5 Å². The van der Waals surface area contributed by atoms with E-state index in [1.165, 1.54) is 0 Å². The Hall–Kier alpha value is -1.03. The van der Waals surface area contributed by atoms with Crippen LogP contribution in [-0.4, -0.2) is 30.0 Å². The molecule has 1 aromatic rings. The molecule has 0 spiro atoms. The summed E-state index contributed by atoms with van der Waals surface area (Å²) in [6.45, 7) is 9.09. The fraction of sp³-hybridized carbons (Fsp3) is 0.750. The summed E-state index contributed by atoms with van der Waals surface area (Å²) in [5.41, 5.74) is 0.140. The third-order valence-electron chi connectivity index (χ3n) is 2.35. The highest BCUT2D eigenvalue weighted by Crippen LogP contribution is 2.17. The molecule has 1 heterocycles. The van der Waals surface area contributed by atoms with Crippen LogP contribution in [0.25, 0.3) is 0 Å². The first-order valence-electron chi connectivity index (χ1n) is 5.87. The number of ether oxygens (including phenoxy) is 1. The summed E-state index contributed by atoms with van der Waals surface area (Å²) in [5.74, 6) is 0.859. The third-order valence-corrected chi connectivity index (χ3v) is 2.35. The van der Waals surface area contributed by atoms with Crippen molar-refractivity contribution < 1.29 is 4.74 Å². The van der Waals surface area contributed by atoms with Gasteiger partial charge in [0.2, 0.25) is 0 Å². The predicted octanol–water partition coefficient (Wildman–Crippen LogP) is 1.92. The minimum Gasteiger partial charge on any atom is -0.490 e. The van der Waals surface area contributed by atoms with Crippen molar-refractivity contribution in [2.75, 3.05) is 20.2 Å². The Morgan fingerprint density at radius 2 is 2.25 bits per heavy atom. The van der Waals surface area contributed by atoms with E-state index < -0.39 is 0 Å². The first kappa shape index (κ1) is 13.0. The van der Waals surface area contributed by atoms with Crippen LogP contribution in [0.3, 0.4) is 0 Å². The van der Waals surface area contributed by atoms with Crippen LogP contribution in [0.5, 0.6) is 5.75 Å². The molecule has 4 nitrogen and oxygen atoms in total. The molecule has 1 aromatic heterocycles. The Morgan fingerprint density at radius 3 is 2.88 bits per heavy atom. The lowest BCUT2D eigenvalue weighted by Gasteiger charge is -2.23. The molecule has 0 aromatic carbocycles. The summed E-state index contributed by atoms with van der Waals surface area (Å²) >= 11 is 0. The van der Waals surface area contributed by atoms with Crippen LogP contribution >= 0.6 is 0 Å². The Labute approximate surface area is 98.0 Å². The van der Waals surface area contributed by atoms with Crippen molar-refractivity contribution in [3.8, 4) is 5.75 Å². The Kier molecular flexibility index (Phi) is 4.80. The average molecular weight is 225 g/mol. The number of aromatic nitrogens is 2. The molecule has 0 aliphatic carbocycles. The van der Waals surface area contributed by atoms with Gasteiger partial charge in [-0.3, -0.25) is 4.68 Å². The molecule has 1 rings (SSSR count). The summed E-state index contributed by atoms with van der Waals surface area (Å²) in [6, 6.07) is 0. The zero-order chi connectivity index (χ0) is 12.0. The number of nitrogens with one attached hydrogen (secondary N) is 1. The normalized spacial score (nSPS) is 11.8. The van der Waals surface area contributed by atoms with Gasteiger partial charge >= 0.3 is 0 Å². The van der Waals surface area contributed by atoms with Gasteiger partial charge < -0.3 is 10.1 Å². The summed E-state index contributed by atoms with van der Waals surface area (Å²) < 4.78 is 7.64. The molecule has 0 amide bonds. The van der Waals surface area contributed by atoms with E-state index in [4.69, 9.17) is 4.74 Å². The fourth-order valence-corrected chi connectivity index (χ4v) is 1.58. The molecule has 1 N–H and O–H groups in total. The molecule has 0 fully saturated rings. The lowest BCUT2D eigenvalue weighted by atomic mass is 9.95. The molecule has 0 unspecified atom stereocenters. The van der Waals surface area contributed by atoms with Gasteiger partial charge in [0.25, 0.3) is 0 Å². The van der Waals surface area contributed by atoms with Gasteiger partial charge in [-0.2, -0.15) is 5.10 Å². The van der Waals surface area contributed by atoms with Gasteiger partial charge in [0.05, 0.1) is 19.0 Å². The molecule has 0 atom stereocenters. The molecule has 16 heavy (non-hydrogen) atoms. The molecule has 0 aliphatic heterocycles. The SMILES string of the molecule is CCCn1cc(OCC(C)(C)CNC)cn1. The van der Waals surface area contributed by atoms with E-state index in [0.29, 0.717) is 6.61 Å². The third kappa shape index (κ3) is 4.23. The molecule has 0 saturated heterocycles. The van der Waals surface area contributed by atoms with Crippen molar-refractivity contribution in [2.24, 2.45) is 5.41 Å². The number of nitrogens with zero attached hydrogens (tertiary/aromatic N) is 2. The highest BCUT2D eigenvalue weighted by Gasteiger charge is 2.17. The molecule has 92 valence electrons. The van der Waals surface area contributed by atoms with Gasteiger partial charge in [0.15, 0.2) is 5.75 Å². The monoisotopic (exact) mass is 225 g/mol. The van der Waals surface area contributed by atoms with Crippen molar-refractivity contribution >= 4 is 0 Å².